The fraction of sp³-hybridized carbons (Fsp3) is 0.556. The Morgan fingerprint density at radius 3 is 3.07 bits per heavy atom. The SMILES string of the molecule is CS[C@@H](C)C(=O)NCCn1ccnc1. The monoisotopic (exact) mass is 213 g/mol. The Morgan fingerprint density at radius 2 is 2.50 bits per heavy atom. The van der Waals surface area contributed by atoms with Crippen LogP contribution in [0.3, 0.4) is 0 Å². The molecule has 0 radical (unpaired) electrons. The number of hydrogen-bond acceptors (Lipinski definition) is 3. The van der Waals surface area contributed by atoms with Gasteiger partial charge in [0, 0.05) is 25.5 Å². The van der Waals surface area contributed by atoms with Crippen LogP contribution in [0.15, 0.2) is 18.7 Å². The third kappa shape index (κ3) is 3.41. The van der Waals surface area contributed by atoms with Crippen LogP contribution in [0.4, 0.5) is 0 Å². The fourth-order valence-corrected chi connectivity index (χ4v) is 1.28. The zero-order valence-electron chi connectivity index (χ0n) is 8.43. The van der Waals surface area contributed by atoms with Crippen molar-refractivity contribution < 1.29 is 4.79 Å². The zero-order chi connectivity index (χ0) is 10.4. The van der Waals surface area contributed by atoms with E-state index in [9.17, 15) is 4.79 Å². The molecule has 5 heteroatoms. The van der Waals surface area contributed by atoms with E-state index in [1.54, 1.807) is 24.3 Å². The first-order valence-electron chi connectivity index (χ1n) is 4.50. The number of aromatic nitrogens is 2. The van der Waals surface area contributed by atoms with E-state index in [-0.39, 0.29) is 11.2 Å². The summed E-state index contributed by atoms with van der Waals surface area (Å²) in [5, 5.41) is 2.89. The number of nitrogens with one attached hydrogen (secondary N) is 1. The molecule has 1 aromatic heterocycles. The molecule has 0 aliphatic carbocycles. The highest BCUT2D eigenvalue weighted by Gasteiger charge is 2.09. The Balaban J connectivity index is 2.18. The molecule has 78 valence electrons. The maximum atomic E-state index is 11.3. The standard InChI is InChI=1S/C9H15N3OS/c1-8(14-2)9(13)11-4-6-12-5-3-10-7-12/h3,5,7-8H,4,6H2,1-2H3,(H,11,13)/t8-/m0/s1. The predicted molar refractivity (Wildman–Crippen MR) is 58.2 cm³/mol. The lowest BCUT2D eigenvalue weighted by Gasteiger charge is -2.09. The zero-order valence-corrected chi connectivity index (χ0v) is 9.25. The van der Waals surface area contributed by atoms with Crippen LogP contribution in [0.25, 0.3) is 0 Å². The quantitative estimate of drug-likeness (QED) is 0.785. The lowest BCUT2D eigenvalue weighted by atomic mass is 10.4. The van der Waals surface area contributed by atoms with Crippen LogP contribution in [0.2, 0.25) is 0 Å². The lowest BCUT2D eigenvalue weighted by molar-refractivity contribution is -0.120. The lowest BCUT2D eigenvalue weighted by Crippen LogP contribution is -2.33. The number of amides is 1. The van der Waals surface area contributed by atoms with Gasteiger partial charge in [-0.1, -0.05) is 0 Å². The summed E-state index contributed by atoms with van der Waals surface area (Å²) in [6, 6.07) is 0. The van der Waals surface area contributed by atoms with E-state index in [4.69, 9.17) is 0 Å². The summed E-state index contributed by atoms with van der Waals surface area (Å²) in [7, 11) is 0. The van der Waals surface area contributed by atoms with Gasteiger partial charge in [-0.25, -0.2) is 4.98 Å². The summed E-state index contributed by atoms with van der Waals surface area (Å²) in [6.07, 6.45) is 7.28. The van der Waals surface area contributed by atoms with Crippen molar-refractivity contribution in [2.45, 2.75) is 18.7 Å². The first-order valence-corrected chi connectivity index (χ1v) is 5.79. The second kappa shape index (κ2) is 5.70. The highest BCUT2D eigenvalue weighted by atomic mass is 32.2. The highest BCUT2D eigenvalue weighted by molar-refractivity contribution is 7.99. The molecular formula is C9H15N3OS. The minimum absolute atomic E-state index is 0.0257. The van der Waals surface area contributed by atoms with Crippen molar-refractivity contribution in [3.63, 3.8) is 0 Å². The predicted octanol–water partition coefficient (Wildman–Crippen LogP) is 0.751. The number of nitrogens with zero attached hydrogens (tertiary/aromatic N) is 2. The molecule has 0 saturated carbocycles. The number of thioether (sulfide) groups is 1. The third-order valence-corrected chi connectivity index (χ3v) is 2.87. The van der Waals surface area contributed by atoms with Gasteiger partial charge in [-0.2, -0.15) is 11.8 Å². The first-order chi connectivity index (χ1) is 6.74. The number of carbonyl (C=O) groups is 1. The van der Waals surface area contributed by atoms with E-state index in [1.165, 1.54) is 0 Å². The second-order valence-electron chi connectivity index (χ2n) is 2.97. The summed E-state index contributed by atoms with van der Waals surface area (Å²) in [4.78, 5) is 15.3. The van der Waals surface area contributed by atoms with E-state index in [2.05, 4.69) is 10.3 Å². The number of carbonyl (C=O) groups excluding carboxylic acids is 1. The Kier molecular flexibility index (Phi) is 4.52. The molecule has 1 amide bonds. The minimum atomic E-state index is 0.0257. The molecule has 4 nitrogen and oxygen atoms in total. The minimum Gasteiger partial charge on any atom is -0.353 e. The smallest absolute Gasteiger partial charge is 0.232 e. The van der Waals surface area contributed by atoms with E-state index in [0.717, 1.165) is 6.54 Å². The van der Waals surface area contributed by atoms with Crippen molar-refractivity contribution in [2.75, 3.05) is 12.8 Å². The van der Waals surface area contributed by atoms with Crippen molar-refractivity contribution in [2.24, 2.45) is 0 Å². The van der Waals surface area contributed by atoms with Gasteiger partial charge >= 0.3 is 0 Å². The molecule has 1 heterocycles. The van der Waals surface area contributed by atoms with Crippen LogP contribution in [0.1, 0.15) is 6.92 Å². The van der Waals surface area contributed by atoms with Crippen LogP contribution >= 0.6 is 11.8 Å². The topological polar surface area (TPSA) is 46.9 Å². The van der Waals surface area contributed by atoms with Gasteiger partial charge in [-0.05, 0) is 13.2 Å². The van der Waals surface area contributed by atoms with Gasteiger partial charge in [0.15, 0.2) is 0 Å². The molecule has 0 aromatic carbocycles. The molecule has 14 heavy (non-hydrogen) atoms. The molecule has 0 fully saturated rings. The van der Waals surface area contributed by atoms with Gasteiger partial charge in [0.1, 0.15) is 0 Å². The summed E-state index contributed by atoms with van der Waals surface area (Å²) in [6.45, 7) is 3.32. The first kappa shape index (κ1) is 11.1. The van der Waals surface area contributed by atoms with Crippen LogP contribution < -0.4 is 5.32 Å². The molecule has 1 N–H and O–H groups in total. The fourth-order valence-electron chi connectivity index (χ4n) is 0.978. The molecule has 0 aliphatic heterocycles. The van der Waals surface area contributed by atoms with Crippen molar-refractivity contribution in [1.29, 1.82) is 0 Å². The molecule has 0 saturated heterocycles. The second-order valence-corrected chi connectivity index (χ2v) is 4.15. The summed E-state index contributed by atoms with van der Waals surface area (Å²) in [5.41, 5.74) is 0. The normalized spacial score (nSPS) is 12.4. The molecule has 1 atom stereocenters. The van der Waals surface area contributed by atoms with Crippen molar-refractivity contribution in [3.05, 3.63) is 18.7 Å². The number of hydrogen-bond donors (Lipinski definition) is 1. The summed E-state index contributed by atoms with van der Waals surface area (Å²) < 4.78 is 1.93. The van der Waals surface area contributed by atoms with Gasteiger partial charge in [-0.3, -0.25) is 4.79 Å². The Hall–Kier alpha value is -0.970. The Morgan fingerprint density at radius 1 is 1.71 bits per heavy atom. The van der Waals surface area contributed by atoms with Crippen molar-refractivity contribution >= 4 is 17.7 Å². The van der Waals surface area contributed by atoms with Crippen LogP contribution in [0, 0.1) is 0 Å². The third-order valence-electron chi connectivity index (χ3n) is 1.95. The highest BCUT2D eigenvalue weighted by Crippen LogP contribution is 2.03. The molecule has 0 aliphatic rings. The largest absolute Gasteiger partial charge is 0.353 e. The molecule has 0 spiro atoms. The number of imidazole rings is 1. The van der Waals surface area contributed by atoms with E-state index < -0.39 is 0 Å². The van der Waals surface area contributed by atoms with Crippen molar-refractivity contribution in [1.82, 2.24) is 14.9 Å². The van der Waals surface area contributed by atoms with Gasteiger partial charge < -0.3 is 9.88 Å². The van der Waals surface area contributed by atoms with Gasteiger partial charge in [0.25, 0.3) is 0 Å². The average molecular weight is 213 g/mol. The van der Waals surface area contributed by atoms with Gasteiger partial charge in [0.2, 0.25) is 5.91 Å². The van der Waals surface area contributed by atoms with Crippen molar-refractivity contribution in [3.8, 4) is 0 Å². The van der Waals surface area contributed by atoms with Crippen LogP contribution in [0.5, 0.6) is 0 Å². The molecule has 1 aromatic rings. The maximum Gasteiger partial charge on any atom is 0.232 e. The van der Waals surface area contributed by atoms with Gasteiger partial charge in [0.05, 0.1) is 11.6 Å². The summed E-state index contributed by atoms with van der Waals surface area (Å²) in [5.74, 6) is 0.0950. The Labute approximate surface area is 88.1 Å². The van der Waals surface area contributed by atoms with E-state index in [0.29, 0.717) is 6.54 Å². The van der Waals surface area contributed by atoms with Gasteiger partial charge in [-0.15, -0.1) is 0 Å². The molecule has 0 unspecified atom stereocenters. The van der Waals surface area contributed by atoms with E-state index >= 15 is 0 Å². The molecule has 1 rings (SSSR count). The Bertz CT molecular complexity index is 274. The average Bonchev–Trinajstić information content (AvgIpc) is 2.69. The van der Waals surface area contributed by atoms with E-state index in [1.807, 2.05) is 23.9 Å². The molecule has 0 bridgehead atoms. The summed E-state index contributed by atoms with van der Waals surface area (Å²) >= 11 is 1.55. The molecular weight excluding hydrogens is 198 g/mol. The number of rotatable bonds is 5. The van der Waals surface area contributed by atoms with Crippen LogP contribution in [-0.2, 0) is 11.3 Å². The van der Waals surface area contributed by atoms with Crippen LogP contribution in [-0.4, -0.2) is 33.5 Å². The maximum absolute atomic E-state index is 11.3.